The summed E-state index contributed by atoms with van der Waals surface area (Å²) in [5, 5.41) is 0. The second-order valence-corrected chi connectivity index (χ2v) is 5.61. The Morgan fingerprint density at radius 3 is 2.53 bits per heavy atom. The lowest BCUT2D eigenvalue weighted by molar-refractivity contribution is 0.591. The van der Waals surface area contributed by atoms with Crippen molar-refractivity contribution in [1.29, 1.82) is 0 Å². The van der Waals surface area contributed by atoms with Gasteiger partial charge in [-0.1, -0.05) is 49.9 Å². The zero-order chi connectivity index (χ0) is 12.1. The smallest absolute Gasteiger partial charge is 0.00509 e. The predicted octanol–water partition coefficient (Wildman–Crippen LogP) is 4.01. The monoisotopic (exact) mass is 231 g/mol. The van der Waals surface area contributed by atoms with Crippen LogP contribution in [0.2, 0.25) is 0 Å². The average Bonchev–Trinajstić information content (AvgIpc) is 2.57. The maximum atomic E-state index is 5.88. The Balaban J connectivity index is 2.08. The first-order chi connectivity index (χ1) is 8.25. The molecular weight excluding hydrogens is 206 g/mol. The van der Waals surface area contributed by atoms with E-state index in [1.807, 2.05) is 0 Å². The molecule has 1 aliphatic carbocycles. The summed E-state index contributed by atoms with van der Waals surface area (Å²) in [6, 6.07) is 9.38. The largest absolute Gasteiger partial charge is 0.328 e. The summed E-state index contributed by atoms with van der Waals surface area (Å²) in [5.41, 5.74) is 8.83. The lowest BCUT2D eigenvalue weighted by Gasteiger charge is -2.16. The van der Waals surface area contributed by atoms with Gasteiger partial charge in [0.2, 0.25) is 0 Å². The molecule has 0 bridgehead atoms. The van der Waals surface area contributed by atoms with Crippen molar-refractivity contribution in [2.24, 2.45) is 5.73 Å². The average molecular weight is 231 g/mol. The molecule has 0 aliphatic heterocycles. The first-order valence-corrected chi connectivity index (χ1v) is 7.10. The molecule has 1 fully saturated rings. The van der Waals surface area contributed by atoms with Gasteiger partial charge in [0.25, 0.3) is 0 Å². The highest BCUT2D eigenvalue weighted by atomic mass is 14.6. The Kier molecular flexibility index (Phi) is 4.61. The van der Waals surface area contributed by atoms with Gasteiger partial charge in [-0.3, -0.25) is 0 Å². The first kappa shape index (κ1) is 12.6. The Morgan fingerprint density at radius 2 is 1.88 bits per heavy atom. The minimum absolute atomic E-state index is 0.263. The van der Waals surface area contributed by atoms with Gasteiger partial charge < -0.3 is 5.73 Å². The van der Waals surface area contributed by atoms with E-state index >= 15 is 0 Å². The van der Waals surface area contributed by atoms with Gasteiger partial charge in [-0.2, -0.15) is 0 Å². The molecule has 1 unspecified atom stereocenters. The van der Waals surface area contributed by atoms with Crippen molar-refractivity contribution in [2.75, 3.05) is 0 Å². The molecule has 0 radical (unpaired) electrons. The maximum absolute atomic E-state index is 5.88. The molecule has 1 atom stereocenters. The van der Waals surface area contributed by atoms with Crippen LogP contribution in [0.5, 0.6) is 0 Å². The van der Waals surface area contributed by atoms with E-state index in [0.717, 1.165) is 12.3 Å². The van der Waals surface area contributed by atoms with Crippen LogP contribution in [0.4, 0.5) is 0 Å². The van der Waals surface area contributed by atoms with Gasteiger partial charge in [0.15, 0.2) is 0 Å². The third kappa shape index (κ3) is 3.85. The van der Waals surface area contributed by atoms with E-state index in [-0.39, 0.29) is 6.04 Å². The van der Waals surface area contributed by atoms with Crippen LogP contribution >= 0.6 is 0 Å². The fourth-order valence-electron chi connectivity index (χ4n) is 2.96. The molecule has 1 nitrogen and oxygen atoms in total. The normalized spacial score (nSPS) is 19.9. The maximum Gasteiger partial charge on any atom is 0.00509 e. The second-order valence-electron chi connectivity index (χ2n) is 5.61. The molecule has 1 saturated carbocycles. The van der Waals surface area contributed by atoms with Gasteiger partial charge in [-0.25, -0.2) is 0 Å². The number of rotatable bonds is 3. The molecule has 1 aliphatic rings. The summed E-state index contributed by atoms with van der Waals surface area (Å²) in [4.78, 5) is 0. The van der Waals surface area contributed by atoms with Crippen molar-refractivity contribution in [3.8, 4) is 0 Å². The van der Waals surface area contributed by atoms with Gasteiger partial charge in [0, 0.05) is 6.04 Å². The second kappa shape index (κ2) is 6.20. The van der Waals surface area contributed by atoms with E-state index in [1.54, 1.807) is 5.56 Å². The zero-order valence-electron chi connectivity index (χ0n) is 11.0. The Bertz CT molecular complexity index is 335. The molecule has 1 aromatic rings. The van der Waals surface area contributed by atoms with Crippen molar-refractivity contribution in [3.63, 3.8) is 0 Å². The van der Waals surface area contributed by atoms with Crippen molar-refractivity contribution >= 4 is 0 Å². The number of benzene rings is 1. The fourth-order valence-corrected chi connectivity index (χ4v) is 2.96. The molecule has 0 amide bonds. The highest BCUT2D eigenvalue weighted by Crippen LogP contribution is 2.31. The number of hydrogen-bond donors (Lipinski definition) is 1. The highest BCUT2D eigenvalue weighted by Gasteiger charge is 2.14. The van der Waals surface area contributed by atoms with Crippen LogP contribution in [-0.4, -0.2) is 6.04 Å². The van der Waals surface area contributed by atoms with Crippen LogP contribution in [0, 0.1) is 0 Å². The fraction of sp³-hybridized carbons (Fsp3) is 0.625. The summed E-state index contributed by atoms with van der Waals surface area (Å²) in [5.74, 6) is 0.797. The molecule has 1 heteroatoms. The van der Waals surface area contributed by atoms with Crippen LogP contribution in [0.3, 0.4) is 0 Å². The minimum atomic E-state index is 0.263. The number of hydrogen-bond acceptors (Lipinski definition) is 1. The van der Waals surface area contributed by atoms with Gasteiger partial charge >= 0.3 is 0 Å². The summed E-state index contributed by atoms with van der Waals surface area (Å²) in [6.45, 7) is 2.08. The van der Waals surface area contributed by atoms with Crippen molar-refractivity contribution in [1.82, 2.24) is 0 Å². The highest BCUT2D eigenvalue weighted by molar-refractivity contribution is 5.27. The zero-order valence-corrected chi connectivity index (χ0v) is 11.0. The SMILES string of the molecule is CC(N)Cc1cccc(C2CCCCCC2)c1. The van der Waals surface area contributed by atoms with Crippen LogP contribution in [-0.2, 0) is 6.42 Å². The molecular formula is C16H25N. The van der Waals surface area contributed by atoms with Crippen LogP contribution in [0.1, 0.15) is 62.5 Å². The van der Waals surface area contributed by atoms with Crippen LogP contribution < -0.4 is 5.73 Å². The van der Waals surface area contributed by atoms with E-state index < -0.39 is 0 Å². The first-order valence-electron chi connectivity index (χ1n) is 7.10. The van der Waals surface area contributed by atoms with Gasteiger partial charge in [-0.05, 0) is 43.2 Å². The van der Waals surface area contributed by atoms with Crippen molar-refractivity contribution < 1.29 is 0 Å². The summed E-state index contributed by atoms with van der Waals surface area (Å²) < 4.78 is 0. The van der Waals surface area contributed by atoms with Gasteiger partial charge in [0.1, 0.15) is 0 Å². The molecule has 94 valence electrons. The third-order valence-corrected chi connectivity index (χ3v) is 3.84. The molecule has 0 spiro atoms. The van der Waals surface area contributed by atoms with Gasteiger partial charge in [-0.15, -0.1) is 0 Å². The Labute approximate surface area is 105 Å². The van der Waals surface area contributed by atoms with E-state index in [0.29, 0.717) is 0 Å². The predicted molar refractivity (Wildman–Crippen MR) is 74.2 cm³/mol. The van der Waals surface area contributed by atoms with Crippen molar-refractivity contribution in [3.05, 3.63) is 35.4 Å². The summed E-state index contributed by atoms with van der Waals surface area (Å²) >= 11 is 0. The molecule has 0 heterocycles. The lowest BCUT2D eigenvalue weighted by Crippen LogP contribution is -2.17. The van der Waals surface area contributed by atoms with E-state index in [2.05, 4.69) is 31.2 Å². The van der Waals surface area contributed by atoms with E-state index in [1.165, 1.54) is 44.1 Å². The lowest BCUT2D eigenvalue weighted by atomic mass is 9.90. The molecule has 17 heavy (non-hydrogen) atoms. The van der Waals surface area contributed by atoms with E-state index in [9.17, 15) is 0 Å². The number of nitrogens with two attached hydrogens (primary N) is 1. The standard InChI is InChI=1S/C16H25N/c1-13(17)11-14-7-6-10-16(12-14)15-8-4-2-3-5-9-15/h6-7,10,12-13,15H,2-5,8-9,11,17H2,1H3. The third-order valence-electron chi connectivity index (χ3n) is 3.84. The van der Waals surface area contributed by atoms with Crippen molar-refractivity contribution in [2.45, 2.75) is 63.8 Å². The quantitative estimate of drug-likeness (QED) is 0.781. The molecule has 2 N–H and O–H groups in total. The van der Waals surface area contributed by atoms with Gasteiger partial charge in [0.05, 0.1) is 0 Å². The molecule has 0 aromatic heterocycles. The summed E-state index contributed by atoms with van der Waals surface area (Å²) in [6.07, 6.45) is 9.42. The van der Waals surface area contributed by atoms with Crippen LogP contribution in [0.15, 0.2) is 24.3 Å². The topological polar surface area (TPSA) is 26.0 Å². The minimum Gasteiger partial charge on any atom is -0.328 e. The molecule has 2 rings (SSSR count). The Hall–Kier alpha value is -0.820. The Morgan fingerprint density at radius 1 is 1.18 bits per heavy atom. The van der Waals surface area contributed by atoms with E-state index in [4.69, 9.17) is 5.73 Å². The summed E-state index contributed by atoms with van der Waals surface area (Å²) in [7, 11) is 0. The molecule has 0 saturated heterocycles. The van der Waals surface area contributed by atoms with Crippen LogP contribution in [0.25, 0.3) is 0 Å². The molecule has 1 aromatic carbocycles.